The average Bonchev–Trinajstić information content (AvgIpc) is 2.37. The molecular formula is C13H11NO4S. The zero-order valence-corrected chi connectivity index (χ0v) is 10.5. The highest BCUT2D eigenvalue weighted by Crippen LogP contribution is 2.39. The van der Waals surface area contributed by atoms with Gasteiger partial charge in [0, 0.05) is 22.6 Å². The van der Waals surface area contributed by atoms with Crippen molar-refractivity contribution >= 4 is 23.9 Å². The maximum Gasteiger partial charge on any atom is 0.150 e. The summed E-state index contributed by atoms with van der Waals surface area (Å²) in [7, 11) is 0. The van der Waals surface area contributed by atoms with E-state index in [-0.39, 0.29) is 22.9 Å². The number of aromatic hydroxyl groups is 3. The summed E-state index contributed by atoms with van der Waals surface area (Å²) in [5.41, 5.74) is 0.630. The zero-order chi connectivity index (χ0) is 13.8. The van der Waals surface area contributed by atoms with E-state index in [0.717, 1.165) is 35.3 Å². The molecule has 4 N–H and O–H groups in total. The SMILES string of the molecule is O=Cc1cccc(SNc2c(O)cc(O)cc2O)c1. The number of aldehydes is 1. The Balaban J connectivity index is 2.16. The third-order valence-electron chi connectivity index (χ3n) is 2.35. The van der Waals surface area contributed by atoms with E-state index in [1.54, 1.807) is 24.3 Å². The van der Waals surface area contributed by atoms with Gasteiger partial charge in [0.25, 0.3) is 0 Å². The first-order valence-electron chi connectivity index (χ1n) is 5.33. The van der Waals surface area contributed by atoms with Crippen molar-refractivity contribution in [3.63, 3.8) is 0 Å². The van der Waals surface area contributed by atoms with Crippen LogP contribution in [0, 0.1) is 0 Å². The van der Waals surface area contributed by atoms with Gasteiger partial charge in [-0.05, 0) is 24.1 Å². The molecule has 0 aromatic heterocycles. The molecule has 2 aromatic carbocycles. The van der Waals surface area contributed by atoms with Gasteiger partial charge in [0.1, 0.15) is 29.2 Å². The smallest absolute Gasteiger partial charge is 0.150 e. The summed E-state index contributed by atoms with van der Waals surface area (Å²) < 4.78 is 2.77. The second-order valence-corrected chi connectivity index (χ2v) is 4.63. The number of phenols is 3. The predicted octanol–water partition coefficient (Wildman–Crippen LogP) is 2.74. The number of phenolic OH excluding ortho intramolecular Hbond substituents is 3. The topological polar surface area (TPSA) is 89.8 Å². The first kappa shape index (κ1) is 13.1. The van der Waals surface area contributed by atoms with Crippen molar-refractivity contribution in [3.8, 4) is 17.2 Å². The Morgan fingerprint density at radius 3 is 2.37 bits per heavy atom. The minimum Gasteiger partial charge on any atom is -0.508 e. The van der Waals surface area contributed by atoms with Crippen LogP contribution in [0.1, 0.15) is 10.4 Å². The molecule has 0 spiro atoms. The molecule has 0 saturated carbocycles. The quantitative estimate of drug-likeness (QED) is 0.297. The lowest BCUT2D eigenvalue weighted by molar-refractivity contribution is 0.112. The van der Waals surface area contributed by atoms with E-state index in [2.05, 4.69) is 4.72 Å². The normalized spacial score (nSPS) is 10.1. The van der Waals surface area contributed by atoms with Crippen LogP contribution in [0.15, 0.2) is 41.3 Å². The molecule has 0 radical (unpaired) electrons. The van der Waals surface area contributed by atoms with Crippen molar-refractivity contribution < 1.29 is 20.1 Å². The molecule has 0 unspecified atom stereocenters. The highest BCUT2D eigenvalue weighted by atomic mass is 32.2. The number of nitrogens with one attached hydrogen (secondary N) is 1. The number of rotatable bonds is 4. The van der Waals surface area contributed by atoms with Gasteiger partial charge in [0.2, 0.25) is 0 Å². The molecule has 0 aliphatic carbocycles. The molecule has 0 saturated heterocycles. The molecule has 2 rings (SSSR count). The lowest BCUT2D eigenvalue weighted by Crippen LogP contribution is -1.89. The lowest BCUT2D eigenvalue weighted by atomic mass is 10.2. The average molecular weight is 277 g/mol. The molecule has 6 heteroatoms. The van der Waals surface area contributed by atoms with Crippen molar-refractivity contribution in [2.24, 2.45) is 0 Å². The second kappa shape index (κ2) is 5.53. The number of benzene rings is 2. The molecule has 0 amide bonds. The van der Waals surface area contributed by atoms with Gasteiger partial charge in [-0.15, -0.1) is 0 Å². The molecule has 0 bridgehead atoms. The van der Waals surface area contributed by atoms with Gasteiger partial charge >= 0.3 is 0 Å². The molecule has 0 fully saturated rings. The second-order valence-electron chi connectivity index (χ2n) is 3.75. The predicted molar refractivity (Wildman–Crippen MR) is 72.7 cm³/mol. The summed E-state index contributed by atoms with van der Waals surface area (Å²) in [5.74, 6) is -0.762. The van der Waals surface area contributed by atoms with E-state index in [0.29, 0.717) is 5.56 Å². The van der Waals surface area contributed by atoms with Crippen molar-refractivity contribution in [2.75, 3.05) is 4.72 Å². The minimum atomic E-state index is -0.267. The highest BCUT2D eigenvalue weighted by molar-refractivity contribution is 8.00. The Labute approximate surface area is 113 Å². The molecule has 0 atom stereocenters. The number of hydrogen-bond acceptors (Lipinski definition) is 6. The maximum absolute atomic E-state index is 10.6. The van der Waals surface area contributed by atoms with E-state index >= 15 is 0 Å². The van der Waals surface area contributed by atoms with Gasteiger partial charge in [0.15, 0.2) is 0 Å². The van der Waals surface area contributed by atoms with Gasteiger partial charge < -0.3 is 20.0 Å². The van der Waals surface area contributed by atoms with Crippen LogP contribution in [0.4, 0.5) is 5.69 Å². The van der Waals surface area contributed by atoms with E-state index in [9.17, 15) is 20.1 Å². The van der Waals surface area contributed by atoms with Crippen molar-refractivity contribution in [1.29, 1.82) is 0 Å². The van der Waals surface area contributed by atoms with E-state index in [1.807, 2.05) is 0 Å². The van der Waals surface area contributed by atoms with Crippen LogP contribution in [-0.4, -0.2) is 21.6 Å². The first-order chi connectivity index (χ1) is 9.10. The third-order valence-corrected chi connectivity index (χ3v) is 3.14. The Kier molecular flexibility index (Phi) is 3.82. The first-order valence-corrected chi connectivity index (χ1v) is 6.15. The monoisotopic (exact) mass is 277 g/mol. The Morgan fingerprint density at radius 2 is 1.74 bits per heavy atom. The summed E-state index contributed by atoms with van der Waals surface area (Å²) >= 11 is 1.13. The van der Waals surface area contributed by atoms with Gasteiger partial charge in [0.05, 0.1) is 0 Å². The van der Waals surface area contributed by atoms with E-state index in [1.165, 1.54) is 0 Å². The summed E-state index contributed by atoms with van der Waals surface area (Å²) in [6.07, 6.45) is 0.736. The van der Waals surface area contributed by atoms with Gasteiger partial charge in [-0.1, -0.05) is 12.1 Å². The zero-order valence-electron chi connectivity index (χ0n) is 9.70. The Hall–Kier alpha value is -2.34. The molecule has 19 heavy (non-hydrogen) atoms. The number of carbonyl (C=O) groups excluding carboxylic acids is 1. The van der Waals surface area contributed by atoms with Gasteiger partial charge in [-0.3, -0.25) is 4.79 Å². The van der Waals surface area contributed by atoms with E-state index < -0.39 is 0 Å². The maximum atomic E-state index is 10.6. The largest absolute Gasteiger partial charge is 0.508 e. The van der Waals surface area contributed by atoms with Crippen molar-refractivity contribution in [1.82, 2.24) is 0 Å². The van der Waals surface area contributed by atoms with Crippen LogP contribution < -0.4 is 4.72 Å². The molecule has 98 valence electrons. The van der Waals surface area contributed by atoms with Crippen LogP contribution in [0.5, 0.6) is 17.2 Å². The van der Waals surface area contributed by atoms with Crippen LogP contribution in [0.3, 0.4) is 0 Å². The van der Waals surface area contributed by atoms with Crippen LogP contribution >= 0.6 is 11.9 Å². The van der Waals surface area contributed by atoms with Crippen molar-refractivity contribution in [2.45, 2.75) is 4.90 Å². The fourth-order valence-corrected chi connectivity index (χ4v) is 2.23. The number of carbonyl (C=O) groups is 1. The number of hydrogen-bond donors (Lipinski definition) is 4. The minimum absolute atomic E-state index is 0.0966. The molecular weight excluding hydrogens is 266 g/mol. The van der Waals surface area contributed by atoms with Gasteiger partial charge in [-0.25, -0.2) is 0 Å². The van der Waals surface area contributed by atoms with Crippen LogP contribution in [0.25, 0.3) is 0 Å². The summed E-state index contributed by atoms with van der Waals surface area (Å²) in [5, 5.41) is 28.4. The summed E-state index contributed by atoms with van der Waals surface area (Å²) in [6, 6.07) is 9.07. The van der Waals surface area contributed by atoms with Crippen LogP contribution in [0.2, 0.25) is 0 Å². The number of anilines is 1. The molecule has 0 aliphatic rings. The highest BCUT2D eigenvalue weighted by Gasteiger charge is 2.09. The van der Waals surface area contributed by atoms with Crippen molar-refractivity contribution in [3.05, 3.63) is 42.0 Å². The lowest BCUT2D eigenvalue weighted by Gasteiger charge is -2.10. The summed E-state index contributed by atoms with van der Waals surface area (Å²) in [4.78, 5) is 11.4. The van der Waals surface area contributed by atoms with Crippen LogP contribution in [-0.2, 0) is 0 Å². The molecule has 0 heterocycles. The standard InChI is InChI=1S/C13H11NO4S/c15-7-8-2-1-3-10(4-8)19-14-13-11(17)5-9(16)6-12(13)18/h1-7,14,16-18H. The Bertz CT molecular complexity index is 592. The molecule has 2 aromatic rings. The molecule has 5 nitrogen and oxygen atoms in total. The third kappa shape index (κ3) is 3.11. The van der Waals surface area contributed by atoms with Gasteiger partial charge in [-0.2, -0.15) is 0 Å². The summed E-state index contributed by atoms with van der Waals surface area (Å²) in [6.45, 7) is 0. The Morgan fingerprint density at radius 1 is 1.05 bits per heavy atom. The fourth-order valence-electron chi connectivity index (χ4n) is 1.46. The van der Waals surface area contributed by atoms with E-state index in [4.69, 9.17) is 0 Å². The molecule has 0 aliphatic heterocycles. The fraction of sp³-hybridized carbons (Fsp3) is 0.